The molecule has 1 amide bonds. The minimum Gasteiger partial charge on any atom is -0.452 e. The SMILES string of the molecule is CC(C)(C)NC(=O)COC(=O)c1ccccc1-c1ccccc1C#N. The van der Waals surface area contributed by atoms with Crippen molar-refractivity contribution in [2.75, 3.05) is 6.61 Å². The van der Waals surface area contributed by atoms with Gasteiger partial charge in [-0.2, -0.15) is 5.26 Å². The van der Waals surface area contributed by atoms with Gasteiger partial charge in [-0.3, -0.25) is 4.79 Å². The first-order valence-electron chi connectivity index (χ1n) is 7.88. The molecular weight excluding hydrogens is 316 g/mol. The number of esters is 1. The number of benzene rings is 2. The van der Waals surface area contributed by atoms with E-state index in [1.807, 2.05) is 20.8 Å². The Morgan fingerprint density at radius 3 is 2.28 bits per heavy atom. The van der Waals surface area contributed by atoms with Crippen molar-refractivity contribution in [3.05, 3.63) is 59.7 Å². The number of rotatable bonds is 4. The molecule has 2 aromatic carbocycles. The molecule has 25 heavy (non-hydrogen) atoms. The van der Waals surface area contributed by atoms with Gasteiger partial charge in [-0.25, -0.2) is 4.79 Å². The van der Waals surface area contributed by atoms with Crippen molar-refractivity contribution in [3.63, 3.8) is 0 Å². The summed E-state index contributed by atoms with van der Waals surface area (Å²) in [6.07, 6.45) is 0. The van der Waals surface area contributed by atoms with Crippen molar-refractivity contribution >= 4 is 11.9 Å². The lowest BCUT2D eigenvalue weighted by atomic mass is 9.96. The molecule has 0 spiro atoms. The number of nitriles is 1. The van der Waals surface area contributed by atoms with Crippen LogP contribution < -0.4 is 5.32 Å². The Labute approximate surface area is 147 Å². The Balaban J connectivity index is 2.22. The van der Waals surface area contributed by atoms with Crippen molar-refractivity contribution in [2.24, 2.45) is 0 Å². The van der Waals surface area contributed by atoms with E-state index in [9.17, 15) is 14.9 Å². The van der Waals surface area contributed by atoms with Crippen LogP contribution in [0.2, 0.25) is 0 Å². The molecule has 5 heteroatoms. The summed E-state index contributed by atoms with van der Waals surface area (Å²) in [7, 11) is 0. The molecule has 0 unspecified atom stereocenters. The van der Waals surface area contributed by atoms with E-state index in [-0.39, 0.29) is 12.5 Å². The zero-order valence-electron chi connectivity index (χ0n) is 14.5. The Morgan fingerprint density at radius 2 is 1.64 bits per heavy atom. The highest BCUT2D eigenvalue weighted by Gasteiger charge is 2.19. The summed E-state index contributed by atoms with van der Waals surface area (Å²) in [5, 5.41) is 12.0. The standard InChI is InChI=1S/C20H20N2O3/c1-20(2,3)22-18(23)13-25-19(24)17-11-7-6-10-16(17)15-9-5-4-8-14(15)12-21/h4-11H,13H2,1-3H3,(H,22,23). The summed E-state index contributed by atoms with van der Waals surface area (Å²) in [5.41, 5.74) is 1.63. The van der Waals surface area contributed by atoms with Gasteiger partial charge in [-0.05, 0) is 38.5 Å². The number of ether oxygens (including phenoxy) is 1. The first-order valence-corrected chi connectivity index (χ1v) is 7.88. The number of carbonyl (C=O) groups excluding carboxylic acids is 2. The number of nitrogens with one attached hydrogen (secondary N) is 1. The van der Waals surface area contributed by atoms with Crippen LogP contribution in [0.25, 0.3) is 11.1 Å². The summed E-state index contributed by atoms with van der Waals surface area (Å²) >= 11 is 0. The third-order valence-corrected chi connectivity index (χ3v) is 3.33. The predicted octanol–water partition coefficient (Wildman–Crippen LogP) is 3.30. The van der Waals surface area contributed by atoms with E-state index < -0.39 is 11.5 Å². The molecule has 0 aliphatic heterocycles. The Bertz CT molecular complexity index is 829. The van der Waals surface area contributed by atoms with Crippen LogP contribution in [-0.4, -0.2) is 24.0 Å². The Kier molecular flexibility index (Phi) is 5.56. The van der Waals surface area contributed by atoms with Crippen LogP contribution in [0.3, 0.4) is 0 Å². The van der Waals surface area contributed by atoms with Crippen LogP contribution in [0.5, 0.6) is 0 Å². The average molecular weight is 336 g/mol. The van der Waals surface area contributed by atoms with Crippen LogP contribution in [-0.2, 0) is 9.53 Å². The summed E-state index contributed by atoms with van der Waals surface area (Å²) < 4.78 is 5.14. The van der Waals surface area contributed by atoms with Crippen molar-refractivity contribution in [2.45, 2.75) is 26.3 Å². The summed E-state index contributed by atoms with van der Waals surface area (Å²) in [6, 6.07) is 16.0. The topological polar surface area (TPSA) is 79.2 Å². The minimum atomic E-state index is -0.604. The third-order valence-electron chi connectivity index (χ3n) is 3.33. The second-order valence-corrected chi connectivity index (χ2v) is 6.58. The van der Waals surface area contributed by atoms with Gasteiger partial charge < -0.3 is 10.1 Å². The first kappa shape index (κ1) is 18.2. The van der Waals surface area contributed by atoms with Gasteiger partial charge in [0.2, 0.25) is 0 Å². The van der Waals surface area contributed by atoms with Crippen LogP contribution in [0.1, 0.15) is 36.7 Å². The first-order chi connectivity index (χ1) is 11.8. The Morgan fingerprint density at radius 1 is 1.04 bits per heavy atom. The van der Waals surface area contributed by atoms with Gasteiger partial charge in [0.15, 0.2) is 6.61 Å². The van der Waals surface area contributed by atoms with E-state index in [4.69, 9.17) is 4.74 Å². The van der Waals surface area contributed by atoms with E-state index >= 15 is 0 Å². The highest BCUT2D eigenvalue weighted by Crippen LogP contribution is 2.27. The lowest BCUT2D eigenvalue weighted by molar-refractivity contribution is -0.125. The van der Waals surface area contributed by atoms with E-state index in [1.54, 1.807) is 48.5 Å². The highest BCUT2D eigenvalue weighted by molar-refractivity contribution is 5.98. The van der Waals surface area contributed by atoms with E-state index in [0.717, 1.165) is 0 Å². The summed E-state index contributed by atoms with van der Waals surface area (Å²) in [5.74, 6) is -0.969. The van der Waals surface area contributed by atoms with Gasteiger partial charge in [-0.1, -0.05) is 36.4 Å². The van der Waals surface area contributed by atoms with Crippen LogP contribution in [0.4, 0.5) is 0 Å². The quantitative estimate of drug-likeness (QED) is 0.869. The lowest BCUT2D eigenvalue weighted by Gasteiger charge is -2.20. The molecule has 0 heterocycles. The molecule has 0 saturated carbocycles. The highest BCUT2D eigenvalue weighted by atomic mass is 16.5. The van der Waals surface area contributed by atoms with Gasteiger partial charge in [-0.15, -0.1) is 0 Å². The number of hydrogen-bond donors (Lipinski definition) is 1. The largest absolute Gasteiger partial charge is 0.452 e. The van der Waals surface area contributed by atoms with Crippen molar-refractivity contribution in [1.82, 2.24) is 5.32 Å². The van der Waals surface area contributed by atoms with E-state index in [2.05, 4.69) is 11.4 Å². The van der Waals surface area contributed by atoms with Crippen LogP contribution in [0, 0.1) is 11.3 Å². The number of nitrogens with zero attached hydrogens (tertiary/aromatic N) is 1. The summed E-state index contributed by atoms with van der Waals surface area (Å²) in [4.78, 5) is 24.2. The number of hydrogen-bond acceptors (Lipinski definition) is 4. The predicted molar refractivity (Wildman–Crippen MR) is 94.8 cm³/mol. The normalized spacial score (nSPS) is 10.6. The maximum Gasteiger partial charge on any atom is 0.339 e. The number of carbonyl (C=O) groups is 2. The summed E-state index contributed by atoms with van der Waals surface area (Å²) in [6.45, 7) is 5.19. The second kappa shape index (κ2) is 7.63. The fourth-order valence-electron chi connectivity index (χ4n) is 2.37. The van der Waals surface area contributed by atoms with Crippen molar-refractivity contribution < 1.29 is 14.3 Å². The smallest absolute Gasteiger partial charge is 0.339 e. The van der Waals surface area contributed by atoms with Crippen molar-refractivity contribution in [1.29, 1.82) is 5.26 Å². The monoisotopic (exact) mass is 336 g/mol. The van der Waals surface area contributed by atoms with Gasteiger partial charge in [0, 0.05) is 11.1 Å². The third kappa shape index (κ3) is 4.92. The molecule has 0 bridgehead atoms. The molecule has 0 radical (unpaired) electrons. The molecule has 0 atom stereocenters. The molecule has 1 N–H and O–H groups in total. The maximum absolute atomic E-state index is 12.4. The lowest BCUT2D eigenvalue weighted by Crippen LogP contribution is -2.42. The molecule has 0 fully saturated rings. The molecule has 0 aliphatic rings. The molecule has 0 aromatic heterocycles. The van der Waals surface area contributed by atoms with Gasteiger partial charge in [0.1, 0.15) is 0 Å². The fraction of sp³-hybridized carbons (Fsp3) is 0.250. The molecule has 5 nitrogen and oxygen atoms in total. The van der Waals surface area contributed by atoms with Crippen LogP contribution in [0.15, 0.2) is 48.5 Å². The van der Waals surface area contributed by atoms with Crippen molar-refractivity contribution in [3.8, 4) is 17.2 Å². The molecular formula is C20H20N2O3. The molecule has 2 rings (SSSR count). The average Bonchev–Trinajstić information content (AvgIpc) is 2.58. The second-order valence-electron chi connectivity index (χ2n) is 6.58. The minimum absolute atomic E-state index is 0.314. The van der Waals surface area contributed by atoms with Crippen LogP contribution >= 0.6 is 0 Å². The Hall–Kier alpha value is -3.13. The molecule has 128 valence electrons. The zero-order chi connectivity index (χ0) is 18.4. The van der Waals surface area contributed by atoms with E-state index in [1.165, 1.54) is 0 Å². The van der Waals surface area contributed by atoms with E-state index in [0.29, 0.717) is 22.3 Å². The molecule has 0 aliphatic carbocycles. The van der Waals surface area contributed by atoms with Gasteiger partial charge in [0.25, 0.3) is 5.91 Å². The maximum atomic E-state index is 12.4. The molecule has 2 aromatic rings. The zero-order valence-corrected chi connectivity index (χ0v) is 14.5. The fourth-order valence-corrected chi connectivity index (χ4v) is 2.37. The van der Waals surface area contributed by atoms with Gasteiger partial charge in [0.05, 0.1) is 17.2 Å². The van der Waals surface area contributed by atoms with Gasteiger partial charge >= 0.3 is 5.97 Å². The molecule has 0 saturated heterocycles. The number of amides is 1.